The molecule has 5 aliphatic rings. The monoisotopic (exact) mass is 558 g/mol. The van der Waals surface area contributed by atoms with Crippen molar-refractivity contribution in [2.24, 2.45) is 17.8 Å². The van der Waals surface area contributed by atoms with E-state index in [1.807, 2.05) is 6.92 Å². The number of tetrazole rings is 1. The fourth-order valence-electron chi connectivity index (χ4n) is 7.16. The van der Waals surface area contributed by atoms with E-state index in [9.17, 15) is 24.3 Å². The summed E-state index contributed by atoms with van der Waals surface area (Å²) in [4.78, 5) is 55.3. The van der Waals surface area contributed by atoms with E-state index in [0.29, 0.717) is 36.3 Å². The molecule has 210 valence electrons. The fourth-order valence-corrected chi connectivity index (χ4v) is 8.59. The normalized spacial score (nSPS) is 32.7. The summed E-state index contributed by atoms with van der Waals surface area (Å²) in [6, 6.07) is -0.198. The van der Waals surface area contributed by atoms with Crippen LogP contribution in [0.3, 0.4) is 0 Å². The van der Waals surface area contributed by atoms with Gasteiger partial charge in [-0.25, -0.2) is 9.48 Å². The lowest BCUT2D eigenvalue weighted by molar-refractivity contribution is -0.158. The Morgan fingerprint density at radius 3 is 2.85 bits per heavy atom. The molecule has 0 aliphatic carbocycles. The van der Waals surface area contributed by atoms with Crippen LogP contribution in [0.25, 0.3) is 0 Å². The number of nitrogens with one attached hydrogen (secondary N) is 2. The van der Waals surface area contributed by atoms with E-state index in [1.165, 1.54) is 27.7 Å². The standard InChI is InChI=1S/C25H34N8O5S/c1-13(6-15(34)11-31-12-28-29-30-31)21-19-8-20(22(25(37)38)33(19)24(21)36)39-16-7-17(27-10-16)23(35)32-5-3-14-9-26-4-2-18(14)32/h12-14,16-19,21,26-27H,2-11H2,1H3,(H,37,38)/t13-,14?,16-,17-,18?,19+,21+/m0/s1. The summed E-state index contributed by atoms with van der Waals surface area (Å²) >= 11 is 1.49. The molecule has 7 atom stereocenters. The maximum atomic E-state index is 13.4. The number of aromatic nitrogens is 4. The van der Waals surface area contributed by atoms with Crippen molar-refractivity contribution >= 4 is 35.3 Å². The molecule has 4 saturated heterocycles. The lowest BCUT2D eigenvalue weighted by atomic mass is 9.76. The van der Waals surface area contributed by atoms with E-state index in [-0.39, 0.29) is 59.5 Å². The van der Waals surface area contributed by atoms with E-state index in [4.69, 9.17) is 0 Å². The number of likely N-dealkylation sites (tertiary alicyclic amines) is 1. The molecule has 0 bridgehead atoms. The van der Waals surface area contributed by atoms with Gasteiger partial charge in [-0.05, 0) is 54.6 Å². The first-order valence-corrected chi connectivity index (χ1v) is 14.6. The molecule has 39 heavy (non-hydrogen) atoms. The Hall–Kier alpha value is -2.84. The van der Waals surface area contributed by atoms with Gasteiger partial charge in [0, 0.05) is 42.1 Å². The number of amides is 2. The average molecular weight is 559 g/mol. The van der Waals surface area contributed by atoms with Crippen molar-refractivity contribution in [1.29, 1.82) is 0 Å². The van der Waals surface area contributed by atoms with Crippen LogP contribution >= 0.6 is 11.8 Å². The van der Waals surface area contributed by atoms with Crippen molar-refractivity contribution in [2.45, 2.75) is 68.9 Å². The van der Waals surface area contributed by atoms with Gasteiger partial charge in [-0.15, -0.1) is 16.9 Å². The van der Waals surface area contributed by atoms with Gasteiger partial charge >= 0.3 is 5.97 Å². The molecular weight excluding hydrogens is 524 g/mol. The van der Waals surface area contributed by atoms with Crippen molar-refractivity contribution in [3.63, 3.8) is 0 Å². The zero-order chi connectivity index (χ0) is 27.3. The number of β-lactam (4-membered cyclic amide) rings is 1. The van der Waals surface area contributed by atoms with Crippen molar-refractivity contribution in [1.82, 2.24) is 40.6 Å². The molecule has 1 aromatic rings. The third-order valence-corrected chi connectivity index (χ3v) is 10.3. The Morgan fingerprint density at radius 1 is 1.23 bits per heavy atom. The number of Topliss-reactive ketones (excluding diaryl/α,β-unsaturated/α-hetero) is 1. The summed E-state index contributed by atoms with van der Waals surface area (Å²) in [7, 11) is 0. The van der Waals surface area contributed by atoms with Crippen LogP contribution in [0, 0.1) is 17.8 Å². The number of piperidine rings is 1. The quantitative estimate of drug-likeness (QED) is 0.334. The third kappa shape index (κ3) is 4.86. The van der Waals surface area contributed by atoms with Gasteiger partial charge in [0.1, 0.15) is 18.6 Å². The molecule has 13 nitrogen and oxygen atoms in total. The molecule has 3 N–H and O–H groups in total. The molecule has 0 radical (unpaired) electrons. The number of hydrogen-bond donors (Lipinski definition) is 3. The molecule has 6 rings (SSSR count). The van der Waals surface area contributed by atoms with Crippen molar-refractivity contribution < 1.29 is 24.3 Å². The van der Waals surface area contributed by atoms with Crippen molar-refractivity contribution in [3.8, 4) is 0 Å². The minimum atomic E-state index is -1.11. The molecule has 2 unspecified atom stereocenters. The van der Waals surface area contributed by atoms with Gasteiger partial charge in [0.2, 0.25) is 11.8 Å². The van der Waals surface area contributed by atoms with Gasteiger partial charge in [-0.2, -0.15) is 0 Å². The van der Waals surface area contributed by atoms with Crippen LogP contribution in [0.1, 0.15) is 39.0 Å². The number of rotatable bonds is 9. The van der Waals surface area contributed by atoms with Crippen molar-refractivity contribution in [2.75, 3.05) is 26.2 Å². The summed E-state index contributed by atoms with van der Waals surface area (Å²) in [5.74, 6) is -1.37. The van der Waals surface area contributed by atoms with Gasteiger partial charge in [0.05, 0.1) is 18.0 Å². The molecule has 1 aromatic heterocycles. The molecule has 6 heterocycles. The second-order valence-electron chi connectivity index (χ2n) is 11.4. The Kier molecular flexibility index (Phi) is 7.18. The fraction of sp³-hybridized carbons (Fsp3) is 0.720. The summed E-state index contributed by atoms with van der Waals surface area (Å²) < 4.78 is 1.35. The second-order valence-corrected chi connectivity index (χ2v) is 12.8. The highest BCUT2D eigenvalue weighted by Crippen LogP contribution is 2.50. The lowest BCUT2D eigenvalue weighted by Gasteiger charge is -2.46. The number of carboxylic acid groups (broad SMARTS) is 1. The Labute approximate surface area is 230 Å². The first kappa shape index (κ1) is 26.4. The number of thioether (sulfide) groups is 1. The molecule has 0 spiro atoms. The molecule has 2 amide bonds. The van der Waals surface area contributed by atoms with Crippen LogP contribution in [0.2, 0.25) is 0 Å². The van der Waals surface area contributed by atoms with E-state index in [0.717, 1.165) is 32.5 Å². The smallest absolute Gasteiger partial charge is 0.353 e. The number of carbonyl (C=O) groups is 4. The molecular formula is C25H34N8O5S. The third-order valence-electron chi connectivity index (χ3n) is 8.95. The largest absolute Gasteiger partial charge is 0.477 e. The van der Waals surface area contributed by atoms with Crippen LogP contribution < -0.4 is 10.6 Å². The van der Waals surface area contributed by atoms with E-state index in [2.05, 4.69) is 31.1 Å². The number of nitrogens with zero attached hydrogens (tertiary/aromatic N) is 6. The summed E-state index contributed by atoms with van der Waals surface area (Å²) in [5.41, 5.74) is 0.0605. The van der Waals surface area contributed by atoms with E-state index in [1.54, 1.807) is 0 Å². The number of aliphatic carboxylic acids is 1. The minimum Gasteiger partial charge on any atom is -0.477 e. The number of fused-ring (bicyclic) bond motifs is 2. The van der Waals surface area contributed by atoms with Crippen molar-refractivity contribution in [3.05, 3.63) is 16.9 Å². The van der Waals surface area contributed by atoms with E-state index >= 15 is 0 Å². The molecule has 0 saturated carbocycles. The highest BCUT2D eigenvalue weighted by atomic mass is 32.2. The van der Waals surface area contributed by atoms with Gasteiger partial charge in [-0.1, -0.05) is 6.92 Å². The predicted molar refractivity (Wildman–Crippen MR) is 139 cm³/mol. The molecule has 5 aliphatic heterocycles. The number of carboxylic acids is 1. The van der Waals surface area contributed by atoms with Crippen LogP contribution in [0.4, 0.5) is 0 Å². The lowest BCUT2D eigenvalue weighted by Crippen LogP contribution is -2.60. The van der Waals surface area contributed by atoms with Crippen LogP contribution in [0.5, 0.6) is 0 Å². The highest BCUT2D eigenvalue weighted by molar-refractivity contribution is 8.03. The van der Waals surface area contributed by atoms with E-state index < -0.39 is 11.9 Å². The zero-order valence-electron chi connectivity index (χ0n) is 21.9. The minimum absolute atomic E-state index is 0.0383. The van der Waals surface area contributed by atoms with Crippen LogP contribution in [-0.4, -0.2) is 108 Å². The summed E-state index contributed by atoms with van der Waals surface area (Å²) in [6.45, 7) is 5.24. The first-order chi connectivity index (χ1) is 18.8. The molecule has 0 aromatic carbocycles. The zero-order valence-corrected chi connectivity index (χ0v) is 22.7. The van der Waals surface area contributed by atoms with Gasteiger partial charge < -0.3 is 25.5 Å². The van der Waals surface area contributed by atoms with Gasteiger partial charge in [-0.3, -0.25) is 14.4 Å². The maximum absolute atomic E-state index is 13.4. The Morgan fingerprint density at radius 2 is 2.08 bits per heavy atom. The van der Waals surface area contributed by atoms with Gasteiger partial charge in [0.25, 0.3) is 0 Å². The molecule has 14 heteroatoms. The van der Waals surface area contributed by atoms with Crippen LogP contribution in [-0.2, 0) is 25.7 Å². The topological polar surface area (TPSA) is 163 Å². The average Bonchev–Trinajstić information content (AvgIpc) is 3.70. The number of carbonyl (C=O) groups excluding carboxylic acids is 3. The maximum Gasteiger partial charge on any atom is 0.353 e. The second kappa shape index (κ2) is 10.6. The highest BCUT2D eigenvalue weighted by Gasteiger charge is 2.57. The number of ketones is 1. The summed E-state index contributed by atoms with van der Waals surface area (Å²) in [5, 5.41) is 27.6. The summed E-state index contributed by atoms with van der Waals surface area (Å²) in [6.07, 6.45) is 4.69. The van der Waals surface area contributed by atoms with Gasteiger partial charge in [0.15, 0.2) is 5.78 Å². The predicted octanol–water partition coefficient (Wildman–Crippen LogP) is -0.531. The first-order valence-electron chi connectivity index (χ1n) is 13.7. The Balaban J connectivity index is 1.06. The Bertz CT molecular complexity index is 1190. The number of hydrogen-bond acceptors (Lipinski definition) is 10. The van der Waals surface area contributed by atoms with Crippen LogP contribution in [0.15, 0.2) is 16.9 Å². The SMILES string of the molecule is C[C@@H](CC(=O)Cn1cnnn1)[C@H]1C(=O)N2C(C(=O)O)=C(S[C@@H]3CN[C@H](C(=O)N4CCC5CNCCC54)C3)C[C@H]12. The molecule has 4 fully saturated rings.